The van der Waals surface area contributed by atoms with Gasteiger partial charge in [-0.15, -0.1) is 0 Å². The Morgan fingerprint density at radius 2 is 2.10 bits per heavy atom. The molecular formula is C10H16N4O5S2. The summed E-state index contributed by atoms with van der Waals surface area (Å²) < 4.78 is 37.4. The minimum absolute atomic E-state index is 0.0410. The van der Waals surface area contributed by atoms with Gasteiger partial charge in [0, 0.05) is 29.4 Å². The van der Waals surface area contributed by atoms with Crippen molar-refractivity contribution in [3.8, 4) is 0 Å². The van der Waals surface area contributed by atoms with Crippen molar-refractivity contribution in [2.24, 2.45) is 5.84 Å². The molecule has 21 heavy (non-hydrogen) atoms. The number of nitro groups is 1. The van der Waals surface area contributed by atoms with Gasteiger partial charge in [0.25, 0.3) is 0 Å². The highest BCUT2D eigenvalue weighted by Gasteiger charge is 2.28. The molecule has 0 aliphatic heterocycles. The minimum Gasteiger partial charge on any atom is -0.318 e. The number of hydrogen-bond donors (Lipinski definition) is 3. The molecule has 0 aromatic heterocycles. The molecule has 0 radical (unpaired) electrons. The summed E-state index contributed by atoms with van der Waals surface area (Å²) in [6, 6.07) is 3.77. The van der Waals surface area contributed by atoms with E-state index in [4.69, 9.17) is 5.84 Å². The maximum Gasteiger partial charge on any atom is 0.313 e. The lowest BCUT2D eigenvalue weighted by atomic mass is 10.3. The molecule has 1 atom stereocenters. The number of anilines is 1. The van der Waals surface area contributed by atoms with E-state index in [1.165, 1.54) is 18.4 Å². The Kier molecular flexibility index (Phi) is 6.20. The number of nitrogen functional groups attached to an aromatic ring is 1. The molecule has 0 fully saturated rings. The lowest BCUT2D eigenvalue weighted by Gasteiger charge is -2.09. The largest absolute Gasteiger partial charge is 0.318 e. The number of para-hydroxylation sites is 1. The molecule has 0 bridgehead atoms. The first-order chi connectivity index (χ1) is 9.79. The third-order valence-electron chi connectivity index (χ3n) is 2.53. The Balaban J connectivity index is 3.03. The molecule has 118 valence electrons. The van der Waals surface area contributed by atoms with Crippen molar-refractivity contribution in [1.82, 2.24) is 4.72 Å². The zero-order valence-electron chi connectivity index (χ0n) is 11.2. The molecule has 0 aliphatic rings. The summed E-state index contributed by atoms with van der Waals surface area (Å²) in [7, 11) is -5.08. The maximum atomic E-state index is 12.1. The molecule has 1 unspecified atom stereocenters. The lowest BCUT2D eigenvalue weighted by Crippen LogP contribution is -2.26. The van der Waals surface area contributed by atoms with Crippen molar-refractivity contribution < 1.29 is 17.6 Å². The Morgan fingerprint density at radius 3 is 2.62 bits per heavy atom. The molecule has 9 nitrogen and oxygen atoms in total. The van der Waals surface area contributed by atoms with Crippen LogP contribution in [0.1, 0.15) is 6.42 Å². The molecule has 0 spiro atoms. The van der Waals surface area contributed by atoms with E-state index in [1.807, 2.05) is 0 Å². The predicted octanol–water partition coefficient (Wildman–Crippen LogP) is -0.0727. The fraction of sp³-hybridized carbons (Fsp3) is 0.400. The average Bonchev–Trinajstić information content (AvgIpc) is 2.42. The maximum absolute atomic E-state index is 12.1. The number of nitrogens with zero attached hydrogens (tertiary/aromatic N) is 1. The van der Waals surface area contributed by atoms with Gasteiger partial charge in [0.2, 0.25) is 10.0 Å². The van der Waals surface area contributed by atoms with E-state index in [-0.39, 0.29) is 12.2 Å². The monoisotopic (exact) mass is 336 g/mol. The number of hydrazine groups is 1. The van der Waals surface area contributed by atoms with Crippen molar-refractivity contribution in [3.63, 3.8) is 0 Å². The number of benzene rings is 1. The van der Waals surface area contributed by atoms with E-state index < -0.39 is 36.3 Å². The Morgan fingerprint density at radius 1 is 1.43 bits per heavy atom. The third-order valence-corrected chi connectivity index (χ3v) is 4.88. The molecule has 1 aromatic rings. The summed E-state index contributed by atoms with van der Waals surface area (Å²) in [5, 5.41) is 11.0. The molecule has 0 heterocycles. The summed E-state index contributed by atoms with van der Waals surface area (Å²) in [6.07, 6.45) is 1.88. The molecule has 1 aromatic carbocycles. The van der Waals surface area contributed by atoms with Gasteiger partial charge < -0.3 is 5.43 Å². The Hall–Kier alpha value is -1.56. The standard InChI is InChI=1S/C10H16N4O5S2/c1-20(17)7-3-6-12-21(18,19)9-5-2-4-8(13-11)10(9)14(15)16/h2,4-5,12-13H,3,6-7,11H2,1H3. The first-order valence-corrected chi connectivity index (χ1v) is 9.04. The molecule has 0 saturated carbocycles. The second-order valence-corrected chi connectivity index (χ2v) is 7.37. The fourth-order valence-corrected chi connectivity index (χ4v) is 3.42. The molecule has 0 amide bonds. The second kappa shape index (κ2) is 7.45. The van der Waals surface area contributed by atoms with Crippen LogP contribution in [0.15, 0.2) is 23.1 Å². The van der Waals surface area contributed by atoms with Gasteiger partial charge in [-0.2, -0.15) is 0 Å². The third kappa shape index (κ3) is 4.74. The van der Waals surface area contributed by atoms with Crippen molar-refractivity contribution in [1.29, 1.82) is 0 Å². The molecular weight excluding hydrogens is 320 g/mol. The summed E-state index contributed by atoms with van der Waals surface area (Å²) >= 11 is 0. The van der Waals surface area contributed by atoms with Crippen LogP contribution in [-0.2, 0) is 20.8 Å². The molecule has 0 saturated heterocycles. The quantitative estimate of drug-likeness (QED) is 0.261. The van der Waals surface area contributed by atoms with E-state index in [9.17, 15) is 22.7 Å². The van der Waals surface area contributed by atoms with Crippen LogP contribution in [0.3, 0.4) is 0 Å². The van der Waals surface area contributed by atoms with Crippen molar-refractivity contribution in [2.75, 3.05) is 24.0 Å². The van der Waals surface area contributed by atoms with Crippen LogP contribution in [-0.4, -0.2) is 36.1 Å². The van der Waals surface area contributed by atoms with Gasteiger partial charge >= 0.3 is 5.69 Å². The van der Waals surface area contributed by atoms with Gasteiger partial charge in [0.05, 0.1) is 4.92 Å². The molecule has 1 rings (SSSR count). The smallest absolute Gasteiger partial charge is 0.313 e. The SMILES string of the molecule is CS(=O)CCCNS(=O)(=O)c1cccc(NN)c1[N+](=O)[O-]. The summed E-state index contributed by atoms with van der Waals surface area (Å²) in [5.41, 5.74) is 1.38. The number of sulfonamides is 1. The van der Waals surface area contributed by atoms with Crippen molar-refractivity contribution in [2.45, 2.75) is 11.3 Å². The first kappa shape index (κ1) is 17.5. The molecule has 0 aliphatic carbocycles. The van der Waals surface area contributed by atoms with E-state index in [0.717, 1.165) is 6.07 Å². The van der Waals surface area contributed by atoms with Gasteiger partial charge in [-0.3, -0.25) is 20.2 Å². The van der Waals surface area contributed by atoms with Gasteiger partial charge in [-0.25, -0.2) is 13.1 Å². The number of nitro benzene ring substituents is 1. The fourth-order valence-electron chi connectivity index (χ4n) is 1.60. The lowest BCUT2D eigenvalue weighted by molar-refractivity contribution is -0.386. The van der Waals surface area contributed by atoms with Crippen molar-refractivity contribution in [3.05, 3.63) is 28.3 Å². The number of nitrogens with two attached hydrogens (primary N) is 1. The predicted molar refractivity (Wildman–Crippen MR) is 79.6 cm³/mol. The van der Waals surface area contributed by atoms with Crippen molar-refractivity contribution >= 4 is 32.2 Å². The minimum atomic E-state index is -4.05. The summed E-state index contributed by atoms with van der Waals surface area (Å²) in [4.78, 5) is 9.76. The van der Waals surface area contributed by atoms with Crippen LogP contribution < -0.4 is 16.0 Å². The van der Waals surface area contributed by atoms with Crippen LogP contribution in [0.2, 0.25) is 0 Å². The van der Waals surface area contributed by atoms with Crippen LogP contribution in [0.25, 0.3) is 0 Å². The Bertz CT molecular complexity index is 647. The van der Waals surface area contributed by atoms with E-state index in [2.05, 4.69) is 10.1 Å². The zero-order chi connectivity index (χ0) is 16.0. The highest BCUT2D eigenvalue weighted by molar-refractivity contribution is 7.89. The number of rotatable bonds is 8. The molecule has 4 N–H and O–H groups in total. The first-order valence-electron chi connectivity index (χ1n) is 5.83. The van der Waals surface area contributed by atoms with Crippen LogP contribution in [0.5, 0.6) is 0 Å². The van der Waals surface area contributed by atoms with E-state index >= 15 is 0 Å². The average molecular weight is 336 g/mol. The summed E-state index contributed by atoms with van der Waals surface area (Å²) in [5.74, 6) is 5.49. The second-order valence-electron chi connectivity index (χ2n) is 4.08. The van der Waals surface area contributed by atoms with E-state index in [0.29, 0.717) is 12.2 Å². The normalized spacial score (nSPS) is 12.9. The Labute approximate surface area is 124 Å². The van der Waals surface area contributed by atoms with Gasteiger partial charge in [0.1, 0.15) is 5.69 Å². The number of nitrogens with one attached hydrogen (secondary N) is 2. The van der Waals surface area contributed by atoms with Gasteiger partial charge in [-0.1, -0.05) is 6.07 Å². The van der Waals surface area contributed by atoms with E-state index in [1.54, 1.807) is 0 Å². The van der Waals surface area contributed by atoms with Crippen LogP contribution in [0, 0.1) is 10.1 Å². The molecule has 11 heteroatoms. The van der Waals surface area contributed by atoms with Crippen LogP contribution >= 0.6 is 0 Å². The highest BCUT2D eigenvalue weighted by atomic mass is 32.2. The summed E-state index contributed by atoms with van der Waals surface area (Å²) in [6.45, 7) is 0.0410. The van der Waals surface area contributed by atoms with Gasteiger partial charge in [-0.05, 0) is 18.6 Å². The van der Waals surface area contributed by atoms with Gasteiger partial charge in [0.15, 0.2) is 4.90 Å². The van der Waals surface area contributed by atoms with Crippen LogP contribution in [0.4, 0.5) is 11.4 Å². The zero-order valence-corrected chi connectivity index (χ0v) is 12.9. The highest BCUT2D eigenvalue weighted by Crippen LogP contribution is 2.31. The number of hydrogen-bond acceptors (Lipinski definition) is 7. The topological polar surface area (TPSA) is 144 Å².